The van der Waals surface area contributed by atoms with Crippen LogP contribution >= 0.6 is 11.6 Å². The number of hydrogen-bond donors (Lipinski definition) is 2. The Hall–Kier alpha value is -3.18. The topological polar surface area (TPSA) is 58.2 Å². The van der Waals surface area contributed by atoms with Gasteiger partial charge in [-0.25, -0.2) is 4.39 Å². The molecule has 3 rings (SSSR count). The summed E-state index contributed by atoms with van der Waals surface area (Å²) in [6.07, 6.45) is 0. The maximum absolute atomic E-state index is 13.2. The summed E-state index contributed by atoms with van der Waals surface area (Å²) in [4.78, 5) is 24.4. The molecule has 2 N–H and O–H groups in total. The minimum absolute atomic E-state index is 0.0734. The van der Waals surface area contributed by atoms with Crippen molar-refractivity contribution in [2.24, 2.45) is 0 Å². The third-order valence-electron chi connectivity index (χ3n) is 3.62. The van der Waals surface area contributed by atoms with Crippen molar-refractivity contribution >= 4 is 34.8 Å². The highest BCUT2D eigenvalue weighted by molar-refractivity contribution is 6.31. The van der Waals surface area contributed by atoms with Crippen LogP contribution in [0.2, 0.25) is 5.02 Å². The number of para-hydroxylation sites is 1. The number of anilines is 2. The van der Waals surface area contributed by atoms with Gasteiger partial charge in [0.25, 0.3) is 11.8 Å². The van der Waals surface area contributed by atoms with E-state index in [9.17, 15) is 14.0 Å². The van der Waals surface area contributed by atoms with Gasteiger partial charge in [-0.3, -0.25) is 9.59 Å². The van der Waals surface area contributed by atoms with Crippen molar-refractivity contribution < 1.29 is 14.0 Å². The van der Waals surface area contributed by atoms with Crippen LogP contribution in [0.5, 0.6) is 0 Å². The van der Waals surface area contributed by atoms with E-state index in [1.165, 1.54) is 18.2 Å². The van der Waals surface area contributed by atoms with Gasteiger partial charge in [0.05, 0.1) is 5.02 Å². The van der Waals surface area contributed by atoms with E-state index in [0.29, 0.717) is 22.5 Å². The second-order valence-corrected chi connectivity index (χ2v) is 5.89. The van der Waals surface area contributed by atoms with Crippen LogP contribution in [0.25, 0.3) is 0 Å². The van der Waals surface area contributed by atoms with Crippen LogP contribution in [0.1, 0.15) is 20.7 Å². The predicted octanol–water partition coefficient (Wildman–Crippen LogP) is 4.98. The molecule has 3 aromatic rings. The molecule has 0 atom stereocenters. The summed E-state index contributed by atoms with van der Waals surface area (Å²) in [6, 6.07) is 19.2. The molecule has 4 nitrogen and oxygen atoms in total. The molecular weight excluding hydrogens is 355 g/mol. The zero-order chi connectivity index (χ0) is 18.5. The Bertz CT molecular complexity index is 944. The second-order valence-electron chi connectivity index (χ2n) is 5.48. The lowest BCUT2D eigenvalue weighted by atomic mass is 10.1. The van der Waals surface area contributed by atoms with Gasteiger partial charge in [0.1, 0.15) is 5.82 Å². The molecule has 0 aliphatic carbocycles. The summed E-state index contributed by atoms with van der Waals surface area (Å²) in [6.45, 7) is 0. The van der Waals surface area contributed by atoms with Gasteiger partial charge >= 0.3 is 0 Å². The lowest BCUT2D eigenvalue weighted by Gasteiger charge is -2.08. The maximum atomic E-state index is 13.2. The number of carbonyl (C=O) groups is 2. The van der Waals surface area contributed by atoms with E-state index >= 15 is 0 Å². The molecule has 0 aliphatic rings. The number of hydrogen-bond acceptors (Lipinski definition) is 2. The van der Waals surface area contributed by atoms with E-state index in [1.807, 2.05) is 18.2 Å². The summed E-state index contributed by atoms with van der Waals surface area (Å²) in [7, 11) is 0. The van der Waals surface area contributed by atoms with Gasteiger partial charge in [0, 0.05) is 22.5 Å². The molecule has 3 aromatic carbocycles. The van der Waals surface area contributed by atoms with E-state index in [0.717, 1.165) is 0 Å². The average Bonchev–Trinajstić information content (AvgIpc) is 2.65. The van der Waals surface area contributed by atoms with Crippen molar-refractivity contribution in [2.75, 3.05) is 10.6 Å². The van der Waals surface area contributed by atoms with Gasteiger partial charge in [-0.15, -0.1) is 0 Å². The fraction of sp³-hybridized carbons (Fsp3) is 0. The molecule has 0 heterocycles. The van der Waals surface area contributed by atoms with E-state index in [4.69, 9.17) is 11.6 Å². The monoisotopic (exact) mass is 368 g/mol. The van der Waals surface area contributed by atoms with Crippen LogP contribution in [0.3, 0.4) is 0 Å². The zero-order valence-electron chi connectivity index (χ0n) is 13.5. The molecule has 0 aromatic heterocycles. The van der Waals surface area contributed by atoms with Crippen LogP contribution in [-0.2, 0) is 0 Å². The number of halogens is 2. The number of amides is 2. The normalized spacial score (nSPS) is 10.2. The molecule has 0 saturated heterocycles. The Balaban J connectivity index is 1.67. The SMILES string of the molecule is O=C(Nc1ccccc1)c1ccc(C(=O)Nc2ccc(F)c(Cl)c2)cc1. The van der Waals surface area contributed by atoms with E-state index < -0.39 is 5.82 Å². The molecule has 0 spiro atoms. The van der Waals surface area contributed by atoms with Crippen LogP contribution in [0, 0.1) is 5.82 Å². The molecule has 0 radical (unpaired) electrons. The average molecular weight is 369 g/mol. The van der Waals surface area contributed by atoms with Crippen molar-refractivity contribution in [3.63, 3.8) is 0 Å². The first-order valence-corrected chi connectivity index (χ1v) is 8.13. The number of nitrogens with one attached hydrogen (secondary N) is 2. The lowest BCUT2D eigenvalue weighted by Crippen LogP contribution is -2.14. The van der Waals surface area contributed by atoms with Crippen molar-refractivity contribution in [3.8, 4) is 0 Å². The molecular formula is C20H14ClFN2O2. The molecule has 0 saturated carbocycles. The van der Waals surface area contributed by atoms with Crippen molar-refractivity contribution in [2.45, 2.75) is 0 Å². The fourth-order valence-corrected chi connectivity index (χ4v) is 2.46. The van der Waals surface area contributed by atoms with Crippen molar-refractivity contribution in [1.82, 2.24) is 0 Å². The van der Waals surface area contributed by atoms with Crippen molar-refractivity contribution in [3.05, 3.63) is 94.8 Å². The summed E-state index contributed by atoms with van der Waals surface area (Å²) < 4.78 is 13.2. The first kappa shape index (κ1) is 17.6. The molecule has 2 amide bonds. The summed E-state index contributed by atoms with van der Waals surface area (Å²) in [5.74, 6) is -1.21. The Kier molecular flexibility index (Phi) is 5.29. The smallest absolute Gasteiger partial charge is 0.255 e. The van der Waals surface area contributed by atoms with Crippen LogP contribution < -0.4 is 10.6 Å². The van der Waals surface area contributed by atoms with E-state index in [1.54, 1.807) is 36.4 Å². The van der Waals surface area contributed by atoms with Gasteiger partial charge in [0.15, 0.2) is 0 Å². The highest BCUT2D eigenvalue weighted by Gasteiger charge is 2.10. The Labute approximate surface area is 154 Å². The molecule has 130 valence electrons. The molecule has 0 unspecified atom stereocenters. The van der Waals surface area contributed by atoms with Gasteiger partial charge in [-0.1, -0.05) is 29.8 Å². The quantitative estimate of drug-likeness (QED) is 0.682. The molecule has 0 aliphatic heterocycles. The Morgan fingerprint density at radius 1 is 0.731 bits per heavy atom. The van der Waals surface area contributed by atoms with Gasteiger partial charge in [-0.05, 0) is 54.6 Å². The highest BCUT2D eigenvalue weighted by atomic mass is 35.5. The standard InChI is InChI=1S/C20H14ClFN2O2/c21-17-12-16(10-11-18(17)22)24-20(26)14-8-6-13(7-9-14)19(25)23-15-4-2-1-3-5-15/h1-12H,(H,23,25)(H,24,26). The number of carbonyl (C=O) groups excluding carboxylic acids is 2. The maximum Gasteiger partial charge on any atom is 0.255 e. The highest BCUT2D eigenvalue weighted by Crippen LogP contribution is 2.20. The largest absolute Gasteiger partial charge is 0.322 e. The minimum atomic E-state index is -0.557. The molecule has 26 heavy (non-hydrogen) atoms. The Morgan fingerprint density at radius 2 is 1.27 bits per heavy atom. The van der Waals surface area contributed by atoms with Gasteiger partial charge in [-0.2, -0.15) is 0 Å². The van der Waals surface area contributed by atoms with Gasteiger partial charge in [0.2, 0.25) is 0 Å². The summed E-state index contributed by atoms with van der Waals surface area (Å²) in [5.41, 5.74) is 1.86. The molecule has 0 bridgehead atoms. The van der Waals surface area contributed by atoms with Crippen LogP contribution in [-0.4, -0.2) is 11.8 Å². The minimum Gasteiger partial charge on any atom is -0.322 e. The Morgan fingerprint density at radius 3 is 1.81 bits per heavy atom. The number of benzene rings is 3. The summed E-state index contributed by atoms with van der Waals surface area (Å²) >= 11 is 5.69. The number of rotatable bonds is 4. The first-order valence-electron chi connectivity index (χ1n) is 7.76. The van der Waals surface area contributed by atoms with Crippen LogP contribution in [0.15, 0.2) is 72.8 Å². The van der Waals surface area contributed by atoms with Crippen LogP contribution in [0.4, 0.5) is 15.8 Å². The van der Waals surface area contributed by atoms with E-state index in [-0.39, 0.29) is 16.8 Å². The van der Waals surface area contributed by atoms with Crippen molar-refractivity contribution in [1.29, 1.82) is 0 Å². The molecule has 6 heteroatoms. The third-order valence-corrected chi connectivity index (χ3v) is 3.91. The summed E-state index contributed by atoms with van der Waals surface area (Å²) in [5, 5.41) is 5.32. The fourth-order valence-electron chi connectivity index (χ4n) is 2.27. The lowest BCUT2D eigenvalue weighted by molar-refractivity contribution is 0.101. The van der Waals surface area contributed by atoms with E-state index in [2.05, 4.69) is 10.6 Å². The predicted molar refractivity (Wildman–Crippen MR) is 100 cm³/mol. The molecule has 0 fully saturated rings. The van der Waals surface area contributed by atoms with Gasteiger partial charge < -0.3 is 10.6 Å². The first-order chi connectivity index (χ1) is 12.5. The third kappa shape index (κ3) is 4.26. The zero-order valence-corrected chi connectivity index (χ0v) is 14.3. The second kappa shape index (κ2) is 7.80.